The maximum Gasteiger partial charge on any atom is 0.115 e. The van der Waals surface area contributed by atoms with E-state index in [9.17, 15) is 5.11 Å². The fourth-order valence-corrected chi connectivity index (χ4v) is 5.31. The summed E-state index contributed by atoms with van der Waals surface area (Å²) in [6, 6.07) is 0. The van der Waals surface area contributed by atoms with Crippen LogP contribution >= 0.6 is 0 Å². The van der Waals surface area contributed by atoms with Crippen molar-refractivity contribution in [2.45, 2.75) is 173 Å². The molecule has 1 rings (SSSR count). The van der Waals surface area contributed by atoms with E-state index in [4.69, 9.17) is 14.2 Å². The molecule has 0 aliphatic carbocycles. The van der Waals surface area contributed by atoms with Gasteiger partial charge in [-0.15, -0.1) is 6.58 Å². The zero-order valence-corrected chi connectivity index (χ0v) is 24.2. The molecule has 1 saturated heterocycles. The van der Waals surface area contributed by atoms with E-state index in [1.165, 1.54) is 103 Å². The van der Waals surface area contributed by atoms with E-state index in [0.717, 1.165) is 45.3 Å². The van der Waals surface area contributed by atoms with Crippen LogP contribution in [0.15, 0.2) is 12.7 Å². The number of rotatable bonds is 27. The average Bonchev–Trinajstić information content (AvgIpc) is 3.22. The lowest BCUT2D eigenvalue weighted by Crippen LogP contribution is -2.39. The second kappa shape index (κ2) is 24.9. The van der Waals surface area contributed by atoms with Gasteiger partial charge in [-0.1, -0.05) is 123 Å². The van der Waals surface area contributed by atoms with Crippen molar-refractivity contribution in [1.29, 1.82) is 0 Å². The van der Waals surface area contributed by atoms with Crippen molar-refractivity contribution >= 4 is 0 Å². The van der Waals surface area contributed by atoms with Gasteiger partial charge in [0.1, 0.15) is 18.3 Å². The normalized spacial score (nSPS) is 21.9. The summed E-state index contributed by atoms with van der Waals surface area (Å²) >= 11 is 0. The molecule has 1 aliphatic rings. The zero-order valence-electron chi connectivity index (χ0n) is 24.2. The Hall–Kier alpha value is -0.420. The van der Waals surface area contributed by atoms with Crippen LogP contribution in [0.1, 0.15) is 149 Å². The van der Waals surface area contributed by atoms with Crippen LogP contribution in [0.4, 0.5) is 0 Å². The first-order chi connectivity index (χ1) is 17.8. The molecule has 0 aromatic heterocycles. The summed E-state index contributed by atoms with van der Waals surface area (Å²) in [6.07, 6.45) is 27.9. The van der Waals surface area contributed by atoms with Crippen molar-refractivity contribution in [1.82, 2.24) is 0 Å². The van der Waals surface area contributed by atoms with Gasteiger partial charge in [-0.05, 0) is 32.1 Å². The minimum atomic E-state index is -0.255. The van der Waals surface area contributed by atoms with Gasteiger partial charge in [0.25, 0.3) is 0 Å². The van der Waals surface area contributed by atoms with E-state index in [2.05, 4.69) is 20.4 Å². The summed E-state index contributed by atoms with van der Waals surface area (Å²) in [7, 11) is 0. The third-order valence-corrected chi connectivity index (χ3v) is 7.60. The minimum absolute atomic E-state index is 0.0131. The molecule has 0 amide bonds. The first-order valence-corrected chi connectivity index (χ1v) is 15.9. The standard InChI is InChI=1S/C32H62O4/c1-4-7-10-13-16-17-18-19-22-25-29-31(34-26-23-20-14-11-8-5-2)32(30(28-33)36-29)35-27-24-21-15-12-9-6-3/h4,29-33H,1,5-28H2,2-3H3/t29-,30+,31+,32+/m0/s1. The van der Waals surface area contributed by atoms with Crippen LogP contribution in [0.2, 0.25) is 0 Å². The Kier molecular flexibility index (Phi) is 23.2. The molecular formula is C32H62O4. The van der Waals surface area contributed by atoms with Crippen molar-refractivity contribution in [3.05, 3.63) is 12.7 Å². The van der Waals surface area contributed by atoms with Gasteiger partial charge in [0, 0.05) is 13.2 Å². The van der Waals surface area contributed by atoms with Crippen LogP contribution in [0.25, 0.3) is 0 Å². The molecule has 4 nitrogen and oxygen atoms in total. The summed E-state index contributed by atoms with van der Waals surface area (Å²) in [6.45, 7) is 9.85. The highest BCUT2D eigenvalue weighted by atomic mass is 16.6. The van der Waals surface area contributed by atoms with Gasteiger partial charge in [-0.2, -0.15) is 0 Å². The predicted molar refractivity (Wildman–Crippen MR) is 154 cm³/mol. The molecule has 4 heteroatoms. The molecule has 0 bridgehead atoms. The van der Waals surface area contributed by atoms with Crippen LogP contribution < -0.4 is 0 Å². The van der Waals surface area contributed by atoms with Gasteiger partial charge in [0.2, 0.25) is 0 Å². The fraction of sp³-hybridized carbons (Fsp3) is 0.938. The maximum absolute atomic E-state index is 10.0. The molecule has 0 radical (unpaired) electrons. The third-order valence-electron chi connectivity index (χ3n) is 7.60. The molecule has 0 unspecified atom stereocenters. The second-order valence-corrected chi connectivity index (χ2v) is 10.9. The second-order valence-electron chi connectivity index (χ2n) is 10.9. The number of unbranched alkanes of at least 4 members (excludes halogenated alkanes) is 17. The van der Waals surface area contributed by atoms with E-state index in [1.807, 2.05) is 6.08 Å². The molecule has 0 spiro atoms. The topological polar surface area (TPSA) is 47.9 Å². The van der Waals surface area contributed by atoms with Gasteiger partial charge in [0.15, 0.2) is 0 Å². The highest BCUT2D eigenvalue weighted by Crippen LogP contribution is 2.30. The fourth-order valence-electron chi connectivity index (χ4n) is 5.31. The van der Waals surface area contributed by atoms with E-state index < -0.39 is 0 Å². The molecule has 0 aromatic rings. The molecule has 1 fully saturated rings. The molecule has 1 N–H and O–H groups in total. The maximum atomic E-state index is 10.0. The van der Waals surface area contributed by atoms with Gasteiger partial charge in [-0.3, -0.25) is 0 Å². The Morgan fingerprint density at radius 1 is 0.611 bits per heavy atom. The molecule has 0 saturated carbocycles. The smallest absolute Gasteiger partial charge is 0.115 e. The Morgan fingerprint density at radius 2 is 1.06 bits per heavy atom. The van der Waals surface area contributed by atoms with Crippen LogP contribution in [-0.4, -0.2) is 49.3 Å². The number of aliphatic hydroxyl groups excluding tert-OH is 1. The minimum Gasteiger partial charge on any atom is -0.394 e. The molecule has 0 aromatic carbocycles. The summed E-state index contributed by atoms with van der Waals surface area (Å²) in [5.41, 5.74) is 0. The van der Waals surface area contributed by atoms with Crippen LogP contribution in [0, 0.1) is 0 Å². The van der Waals surface area contributed by atoms with Gasteiger partial charge < -0.3 is 19.3 Å². The lowest BCUT2D eigenvalue weighted by atomic mass is 10.0. The quantitative estimate of drug-likeness (QED) is 0.0885. The SMILES string of the molecule is C=CCCCCCCCCC[C@@H]1O[C@H](CO)[C@@H](OCCCCCCCC)[C@@H]1OCCCCCCCC. The monoisotopic (exact) mass is 510 g/mol. The zero-order chi connectivity index (χ0) is 26.1. The number of ether oxygens (including phenoxy) is 3. The van der Waals surface area contributed by atoms with E-state index in [1.54, 1.807) is 0 Å². The lowest BCUT2D eigenvalue weighted by Gasteiger charge is -2.25. The Morgan fingerprint density at radius 3 is 1.56 bits per heavy atom. The molecular weight excluding hydrogens is 448 g/mol. The van der Waals surface area contributed by atoms with Crippen molar-refractivity contribution in [2.24, 2.45) is 0 Å². The van der Waals surface area contributed by atoms with Crippen LogP contribution in [0.3, 0.4) is 0 Å². The first-order valence-electron chi connectivity index (χ1n) is 15.9. The Balaban J connectivity index is 2.43. The van der Waals surface area contributed by atoms with Gasteiger partial charge >= 0.3 is 0 Å². The third kappa shape index (κ3) is 16.4. The van der Waals surface area contributed by atoms with Crippen molar-refractivity contribution in [2.75, 3.05) is 19.8 Å². The van der Waals surface area contributed by atoms with E-state index in [0.29, 0.717) is 0 Å². The number of hydrogen-bond acceptors (Lipinski definition) is 4. The first kappa shape index (κ1) is 33.6. The van der Waals surface area contributed by atoms with Gasteiger partial charge in [0.05, 0.1) is 12.7 Å². The van der Waals surface area contributed by atoms with Crippen LogP contribution in [0.5, 0.6) is 0 Å². The lowest BCUT2D eigenvalue weighted by molar-refractivity contribution is -0.0735. The molecule has 1 aliphatic heterocycles. The number of allylic oxidation sites excluding steroid dienone is 1. The van der Waals surface area contributed by atoms with Crippen molar-refractivity contribution < 1.29 is 19.3 Å². The summed E-state index contributed by atoms with van der Waals surface area (Å²) in [4.78, 5) is 0. The molecule has 36 heavy (non-hydrogen) atoms. The van der Waals surface area contributed by atoms with E-state index >= 15 is 0 Å². The summed E-state index contributed by atoms with van der Waals surface area (Å²) in [5.74, 6) is 0. The predicted octanol–water partition coefficient (Wildman–Crippen LogP) is 8.93. The van der Waals surface area contributed by atoms with Crippen LogP contribution in [-0.2, 0) is 14.2 Å². The van der Waals surface area contributed by atoms with Crippen molar-refractivity contribution in [3.8, 4) is 0 Å². The number of hydrogen-bond donors (Lipinski definition) is 1. The molecule has 1 heterocycles. The summed E-state index contributed by atoms with van der Waals surface area (Å²) in [5, 5.41) is 10.0. The highest BCUT2D eigenvalue weighted by Gasteiger charge is 2.45. The van der Waals surface area contributed by atoms with Crippen molar-refractivity contribution in [3.63, 3.8) is 0 Å². The average molecular weight is 511 g/mol. The molecule has 214 valence electrons. The summed E-state index contributed by atoms with van der Waals surface area (Å²) < 4.78 is 19.1. The molecule has 4 atom stereocenters. The number of aliphatic hydroxyl groups is 1. The highest BCUT2D eigenvalue weighted by molar-refractivity contribution is 4.93. The Labute approximate surface area is 224 Å². The Bertz CT molecular complexity index is 469. The van der Waals surface area contributed by atoms with Gasteiger partial charge in [-0.25, -0.2) is 0 Å². The van der Waals surface area contributed by atoms with E-state index in [-0.39, 0.29) is 31.0 Å². The largest absolute Gasteiger partial charge is 0.394 e.